The molecule has 0 aliphatic heterocycles. The van der Waals surface area contributed by atoms with E-state index in [4.69, 9.17) is 0 Å². The molecule has 0 aromatic heterocycles. The van der Waals surface area contributed by atoms with Crippen LogP contribution in [-0.2, 0) is 16.6 Å². The van der Waals surface area contributed by atoms with Gasteiger partial charge in [-0.25, -0.2) is 13.8 Å². The number of nitrogens with zero attached hydrogens (tertiary/aromatic N) is 2. The highest BCUT2D eigenvalue weighted by Gasteiger charge is 2.20. The van der Waals surface area contributed by atoms with Gasteiger partial charge in [0.1, 0.15) is 0 Å². The maximum Gasteiger partial charge on any atom is 0.271 e. The average molecular weight is 436 g/mol. The zero-order valence-corrected chi connectivity index (χ0v) is 18.6. The SMILES string of the molecule is CC(=NNC(=O)c1ccc(CN(C)S(=O)(=O)c2ccc(C)cc2)cc1)c1ccccc1. The Labute approximate surface area is 183 Å². The lowest BCUT2D eigenvalue weighted by atomic mass is 10.1. The van der Waals surface area contributed by atoms with Crippen molar-refractivity contribution in [3.63, 3.8) is 0 Å². The molecule has 3 rings (SSSR count). The Bertz CT molecular complexity index is 1170. The molecule has 1 amide bonds. The fraction of sp³-hybridized carbons (Fsp3) is 0.167. The minimum atomic E-state index is -3.59. The number of carbonyl (C=O) groups is 1. The van der Waals surface area contributed by atoms with Gasteiger partial charge in [0, 0.05) is 19.2 Å². The lowest BCUT2D eigenvalue weighted by Crippen LogP contribution is -2.26. The van der Waals surface area contributed by atoms with Crippen LogP contribution in [0.3, 0.4) is 0 Å². The van der Waals surface area contributed by atoms with Crippen LogP contribution in [0.2, 0.25) is 0 Å². The van der Waals surface area contributed by atoms with Gasteiger partial charge in [-0.15, -0.1) is 0 Å². The Balaban J connectivity index is 1.64. The number of amides is 1. The van der Waals surface area contributed by atoms with E-state index in [1.807, 2.05) is 44.2 Å². The molecular formula is C24H25N3O3S. The van der Waals surface area contributed by atoms with Crippen molar-refractivity contribution in [1.29, 1.82) is 0 Å². The molecule has 0 fully saturated rings. The zero-order valence-electron chi connectivity index (χ0n) is 17.7. The molecule has 0 heterocycles. The van der Waals surface area contributed by atoms with Crippen molar-refractivity contribution in [3.8, 4) is 0 Å². The zero-order chi connectivity index (χ0) is 22.4. The molecule has 0 bridgehead atoms. The van der Waals surface area contributed by atoms with E-state index in [1.165, 1.54) is 11.4 Å². The lowest BCUT2D eigenvalue weighted by molar-refractivity contribution is 0.0955. The summed E-state index contributed by atoms with van der Waals surface area (Å²) in [6, 6.07) is 23.1. The molecule has 0 saturated carbocycles. The van der Waals surface area contributed by atoms with Crippen LogP contribution in [0.1, 0.15) is 34.0 Å². The summed E-state index contributed by atoms with van der Waals surface area (Å²) in [7, 11) is -2.05. The number of benzene rings is 3. The van der Waals surface area contributed by atoms with Gasteiger partial charge in [-0.1, -0.05) is 60.2 Å². The summed E-state index contributed by atoms with van der Waals surface area (Å²) in [6.07, 6.45) is 0. The van der Waals surface area contributed by atoms with Gasteiger partial charge < -0.3 is 0 Å². The van der Waals surface area contributed by atoms with E-state index in [2.05, 4.69) is 10.5 Å². The highest BCUT2D eigenvalue weighted by Crippen LogP contribution is 2.17. The summed E-state index contributed by atoms with van der Waals surface area (Å²) in [5, 5.41) is 4.14. The van der Waals surface area contributed by atoms with Gasteiger partial charge in [0.25, 0.3) is 5.91 Å². The summed E-state index contributed by atoms with van der Waals surface area (Å²) in [5.74, 6) is -0.331. The van der Waals surface area contributed by atoms with Crippen LogP contribution in [0.25, 0.3) is 0 Å². The van der Waals surface area contributed by atoms with Crippen molar-refractivity contribution in [3.05, 3.63) is 101 Å². The quantitative estimate of drug-likeness (QED) is 0.451. The molecule has 0 aliphatic rings. The van der Waals surface area contributed by atoms with E-state index in [-0.39, 0.29) is 17.3 Å². The second kappa shape index (κ2) is 9.68. The molecular weight excluding hydrogens is 410 g/mol. The monoisotopic (exact) mass is 435 g/mol. The number of hydrazone groups is 1. The largest absolute Gasteiger partial charge is 0.271 e. The first-order valence-electron chi connectivity index (χ1n) is 9.79. The lowest BCUT2D eigenvalue weighted by Gasteiger charge is -2.17. The first-order valence-corrected chi connectivity index (χ1v) is 11.2. The maximum absolute atomic E-state index is 12.7. The fourth-order valence-corrected chi connectivity index (χ4v) is 4.10. The van der Waals surface area contributed by atoms with Crippen LogP contribution < -0.4 is 5.43 Å². The molecule has 0 radical (unpaired) electrons. The normalized spacial score (nSPS) is 12.1. The van der Waals surface area contributed by atoms with Crippen molar-refractivity contribution in [2.75, 3.05) is 7.05 Å². The van der Waals surface area contributed by atoms with Gasteiger partial charge in [0.15, 0.2) is 0 Å². The van der Waals surface area contributed by atoms with Gasteiger partial charge in [-0.2, -0.15) is 9.41 Å². The number of carbonyl (C=O) groups excluding carboxylic acids is 1. The fourth-order valence-electron chi connectivity index (χ4n) is 2.94. The van der Waals surface area contributed by atoms with E-state index < -0.39 is 10.0 Å². The van der Waals surface area contributed by atoms with Gasteiger partial charge in [0.05, 0.1) is 10.6 Å². The molecule has 7 heteroatoms. The van der Waals surface area contributed by atoms with Crippen molar-refractivity contribution in [1.82, 2.24) is 9.73 Å². The number of nitrogens with one attached hydrogen (secondary N) is 1. The predicted octanol–water partition coefficient (Wildman–Crippen LogP) is 3.97. The third kappa shape index (κ3) is 5.65. The average Bonchev–Trinajstić information content (AvgIpc) is 2.78. The van der Waals surface area contributed by atoms with Crippen LogP contribution in [0.5, 0.6) is 0 Å². The second-order valence-corrected chi connectivity index (χ2v) is 9.32. The van der Waals surface area contributed by atoms with Crippen LogP contribution >= 0.6 is 0 Å². The minimum Gasteiger partial charge on any atom is -0.267 e. The summed E-state index contributed by atoms with van der Waals surface area (Å²) in [5.41, 5.74) is 6.40. The molecule has 3 aromatic rings. The van der Waals surface area contributed by atoms with Crippen LogP contribution in [0.4, 0.5) is 0 Å². The molecule has 0 aliphatic carbocycles. The summed E-state index contributed by atoms with van der Waals surface area (Å²) in [4.78, 5) is 12.6. The third-order valence-corrected chi connectivity index (χ3v) is 6.68. The molecule has 0 atom stereocenters. The topological polar surface area (TPSA) is 78.8 Å². The van der Waals surface area contributed by atoms with E-state index in [9.17, 15) is 13.2 Å². The minimum absolute atomic E-state index is 0.198. The van der Waals surface area contributed by atoms with E-state index in [0.29, 0.717) is 11.3 Å². The Morgan fingerprint density at radius 1 is 0.903 bits per heavy atom. The molecule has 31 heavy (non-hydrogen) atoms. The van der Waals surface area contributed by atoms with Gasteiger partial charge in [-0.3, -0.25) is 4.79 Å². The Kier molecular flexibility index (Phi) is 6.99. The van der Waals surface area contributed by atoms with Crippen LogP contribution in [-0.4, -0.2) is 31.4 Å². The van der Waals surface area contributed by atoms with Gasteiger partial charge in [0.2, 0.25) is 10.0 Å². The second-order valence-electron chi connectivity index (χ2n) is 7.28. The number of sulfonamides is 1. The van der Waals surface area contributed by atoms with E-state index in [1.54, 1.807) is 48.5 Å². The predicted molar refractivity (Wildman–Crippen MR) is 122 cm³/mol. The van der Waals surface area contributed by atoms with Crippen molar-refractivity contribution < 1.29 is 13.2 Å². The highest BCUT2D eigenvalue weighted by atomic mass is 32.2. The summed E-state index contributed by atoms with van der Waals surface area (Å²) >= 11 is 0. The number of aryl methyl sites for hydroxylation is 1. The maximum atomic E-state index is 12.7. The number of rotatable bonds is 7. The molecule has 0 unspecified atom stereocenters. The standard InChI is InChI=1S/C24H25N3O3S/c1-18-9-15-23(16-10-18)31(29,30)27(3)17-20-11-13-22(14-12-20)24(28)26-25-19(2)21-7-5-4-6-8-21/h4-16H,17H2,1-3H3,(H,26,28). The first kappa shape index (κ1) is 22.4. The van der Waals surface area contributed by atoms with Crippen molar-refractivity contribution >= 4 is 21.6 Å². The third-order valence-electron chi connectivity index (χ3n) is 4.87. The van der Waals surface area contributed by atoms with Gasteiger partial charge >= 0.3 is 0 Å². The molecule has 1 N–H and O–H groups in total. The van der Waals surface area contributed by atoms with Crippen LogP contribution in [0, 0.1) is 6.92 Å². The molecule has 160 valence electrons. The molecule has 0 spiro atoms. The molecule has 0 saturated heterocycles. The Morgan fingerprint density at radius 2 is 1.52 bits per heavy atom. The van der Waals surface area contributed by atoms with Crippen molar-refractivity contribution in [2.45, 2.75) is 25.3 Å². The number of hydrogen-bond donors (Lipinski definition) is 1. The van der Waals surface area contributed by atoms with E-state index in [0.717, 1.165) is 16.7 Å². The van der Waals surface area contributed by atoms with Crippen LogP contribution in [0.15, 0.2) is 88.9 Å². The van der Waals surface area contributed by atoms with Gasteiger partial charge in [-0.05, 0) is 49.2 Å². The Hall–Kier alpha value is -3.29. The summed E-state index contributed by atoms with van der Waals surface area (Å²) < 4.78 is 26.8. The summed E-state index contributed by atoms with van der Waals surface area (Å²) in [6.45, 7) is 3.93. The Morgan fingerprint density at radius 3 is 2.13 bits per heavy atom. The molecule has 6 nitrogen and oxygen atoms in total. The first-order chi connectivity index (χ1) is 14.8. The molecule has 3 aromatic carbocycles. The number of hydrogen-bond acceptors (Lipinski definition) is 4. The van der Waals surface area contributed by atoms with Crippen molar-refractivity contribution in [2.24, 2.45) is 5.10 Å². The van der Waals surface area contributed by atoms with E-state index >= 15 is 0 Å². The smallest absolute Gasteiger partial charge is 0.267 e. The highest BCUT2D eigenvalue weighted by molar-refractivity contribution is 7.89.